The highest BCUT2D eigenvalue weighted by atomic mass is 16.5. The Hall–Kier alpha value is -2.64. The number of carbonyl (C=O) groups is 1. The van der Waals surface area contributed by atoms with Crippen molar-refractivity contribution < 1.29 is 14.1 Å². The molecule has 0 aromatic carbocycles. The lowest BCUT2D eigenvalue weighted by molar-refractivity contribution is 0.101. The number of nitrogens with one attached hydrogen (secondary N) is 1. The molecule has 0 atom stereocenters. The molecule has 22 heavy (non-hydrogen) atoms. The van der Waals surface area contributed by atoms with Crippen LogP contribution in [0.4, 0.5) is 11.5 Å². The number of rotatable bonds is 5. The van der Waals surface area contributed by atoms with Gasteiger partial charge in [-0.3, -0.25) is 4.79 Å². The number of carbonyl (C=O) groups excluding carboxylic acids is 1. The van der Waals surface area contributed by atoms with Gasteiger partial charge in [-0.05, 0) is 12.8 Å². The molecule has 1 N–H and O–H groups in total. The number of anilines is 2. The summed E-state index contributed by atoms with van der Waals surface area (Å²) in [5.74, 6) is 1.37. The maximum Gasteiger partial charge on any atom is 0.318 e. The first kappa shape index (κ1) is 14.3. The fraction of sp³-hybridized carbons (Fsp3) is 0.429. The van der Waals surface area contributed by atoms with Crippen molar-refractivity contribution in [2.75, 3.05) is 31.4 Å². The first-order chi connectivity index (χ1) is 10.6. The van der Waals surface area contributed by atoms with E-state index in [2.05, 4.69) is 20.4 Å². The van der Waals surface area contributed by atoms with Gasteiger partial charge in [-0.15, -0.1) is 0 Å². The summed E-state index contributed by atoms with van der Waals surface area (Å²) in [6.45, 7) is 0. The Morgan fingerprint density at radius 1 is 1.45 bits per heavy atom. The number of methoxy groups -OCH3 is 1. The van der Waals surface area contributed by atoms with Gasteiger partial charge in [0.2, 0.25) is 0 Å². The molecule has 0 unspecified atom stereocenters. The number of ether oxygens (including phenoxy) is 1. The second-order valence-electron chi connectivity index (χ2n) is 5.33. The summed E-state index contributed by atoms with van der Waals surface area (Å²) in [5.41, 5.74) is 0.731. The molecule has 0 radical (unpaired) electrons. The van der Waals surface area contributed by atoms with Crippen LogP contribution in [-0.2, 0) is 0 Å². The highest BCUT2D eigenvalue weighted by molar-refractivity contribution is 6.04. The van der Waals surface area contributed by atoms with Crippen molar-refractivity contribution >= 4 is 17.4 Å². The van der Waals surface area contributed by atoms with Crippen LogP contribution < -0.4 is 15.0 Å². The van der Waals surface area contributed by atoms with Crippen molar-refractivity contribution in [3.8, 4) is 6.01 Å². The molecule has 2 aromatic heterocycles. The molecule has 0 saturated heterocycles. The Balaban J connectivity index is 1.80. The van der Waals surface area contributed by atoms with Crippen LogP contribution in [0.5, 0.6) is 6.01 Å². The third-order valence-corrected chi connectivity index (χ3v) is 3.34. The fourth-order valence-electron chi connectivity index (χ4n) is 2.03. The van der Waals surface area contributed by atoms with Gasteiger partial charge in [0, 0.05) is 26.1 Å². The van der Waals surface area contributed by atoms with E-state index in [-0.39, 0.29) is 17.6 Å². The molecule has 3 rings (SSSR count). The first-order valence-corrected chi connectivity index (χ1v) is 6.95. The number of nitrogens with zero attached hydrogens (tertiary/aromatic N) is 4. The molecule has 2 heterocycles. The SMILES string of the molecule is COc1ncc(NC(=O)c2cc(C3CC3)on2)c(N(C)C)n1. The van der Waals surface area contributed by atoms with Crippen molar-refractivity contribution in [1.29, 1.82) is 0 Å². The quantitative estimate of drug-likeness (QED) is 0.897. The Bertz CT molecular complexity index is 694. The molecule has 1 amide bonds. The molecule has 116 valence electrons. The minimum Gasteiger partial charge on any atom is -0.467 e. The molecule has 1 aliphatic rings. The second-order valence-corrected chi connectivity index (χ2v) is 5.33. The van der Waals surface area contributed by atoms with Gasteiger partial charge in [-0.25, -0.2) is 4.98 Å². The van der Waals surface area contributed by atoms with E-state index in [1.807, 2.05) is 14.1 Å². The van der Waals surface area contributed by atoms with Crippen LogP contribution in [0.1, 0.15) is 35.0 Å². The molecule has 0 spiro atoms. The highest BCUT2D eigenvalue weighted by Gasteiger charge is 2.29. The summed E-state index contributed by atoms with van der Waals surface area (Å²) >= 11 is 0. The lowest BCUT2D eigenvalue weighted by atomic mass is 10.2. The topological polar surface area (TPSA) is 93.4 Å². The Kier molecular flexibility index (Phi) is 3.66. The number of aromatic nitrogens is 3. The summed E-state index contributed by atoms with van der Waals surface area (Å²) in [7, 11) is 5.12. The lowest BCUT2D eigenvalue weighted by Gasteiger charge is -2.16. The maximum atomic E-state index is 12.3. The number of hydrogen-bond acceptors (Lipinski definition) is 7. The van der Waals surface area contributed by atoms with Crippen molar-refractivity contribution in [3.63, 3.8) is 0 Å². The van der Waals surface area contributed by atoms with Gasteiger partial charge in [0.15, 0.2) is 11.5 Å². The lowest BCUT2D eigenvalue weighted by Crippen LogP contribution is -2.18. The van der Waals surface area contributed by atoms with Gasteiger partial charge in [-0.2, -0.15) is 4.98 Å². The van der Waals surface area contributed by atoms with E-state index in [1.165, 1.54) is 13.3 Å². The number of hydrogen-bond donors (Lipinski definition) is 1. The average Bonchev–Trinajstić information content (AvgIpc) is 3.24. The summed E-state index contributed by atoms with van der Waals surface area (Å²) in [5, 5.41) is 6.56. The van der Waals surface area contributed by atoms with E-state index in [0.717, 1.165) is 18.6 Å². The van der Waals surface area contributed by atoms with Crippen molar-refractivity contribution in [3.05, 3.63) is 23.7 Å². The fourth-order valence-corrected chi connectivity index (χ4v) is 2.03. The smallest absolute Gasteiger partial charge is 0.318 e. The molecule has 1 aliphatic carbocycles. The molecule has 1 saturated carbocycles. The predicted molar refractivity (Wildman–Crippen MR) is 79.3 cm³/mol. The van der Waals surface area contributed by atoms with Crippen molar-refractivity contribution in [1.82, 2.24) is 15.1 Å². The third kappa shape index (κ3) is 2.85. The highest BCUT2D eigenvalue weighted by Crippen LogP contribution is 2.40. The molecule has 2 aromatic rings. The third-order valence-electron chi connectivity index (χ3n) is 3.34. The normalized spacial score (nSPS) is 13.8. The Morgan fingerprint density at radius 3 is 2.86 bits per heavy atom. The van der Waals surface area contributed by atoms with E-state index in [1.54, 1.807) is 11.0 Å². The zero-order valence-electron chi connectivity index (χ0n) is 12.7. The molecular weight excluding hydrogens is 286 g/mol. The van der Waals surface area contributed by atoms with E-state index in [9.17, 15) is 4.79 Å². The summed E-state index contributed by atoms with van der Waals surface area (Å²) in [4.78, 5) is 22.2. The van der Waals surface area contributed by atoms with Gasteiger partial charge in [0.1, 0.15) is 11.4 Å². The first-order valence-electron chi connectivity index (χ1n) is 6.95. The van der Waals surface area contributed by atoms with Crippen molar-refractivity contribution in [2.45, 2.75) is 18.8 Å². The van der Waals surface area contributed by atoms with E-state index < -0.39 is 0 Å². The van der Waals surface area contributed by atoms with Crippen LogP contribution in [-0.4, -0.2) is 42.2 Å². The van der Waals surface area contributed by atoms with Crippen LogP contribution >= 0.6 is 0 Å². The van der Waals surface area contributed by atoms with Gasteiger partial charge in [0.25, 0.3) is 5.91 Å². The molecule has 1 fully saturated rings. The maximum absolute atomic E-state index is 12.3. The van der Waals surface area contributed by atoms with E-state index in [4.69, 9.17) is 9.26 Å². The summed E-state index contributed by atoms with van der Waals surface area (Å²) < 4.78 is 10.2. The van der Waals surface area contributed by atoms with Gasteiger partial charge < -0.3 is 19.5 Å². The minimum absolute atomic E-state index is 0.235. The van der Waals surface area contributed by atoms with Crippen LogP contribution in [0.15, 0.2) is 16.8 Å². The molecule has 0 aliphatic heterocycles. The van der Waals surface area contributed by atoms with Gasteiger partial charge in [-0.1, -0.05) is 5.16 Å². The molecule has 8 heteroatoms. The Morgan fingerprint density at radius 2 is 2.23 bits per heavy atom. The monoisotopic (exact) mass is 303 g/mol. The molecule has 0 bridgehead atoms. The van der Waals surface area contributed by atoms with Crippen LogP contribution in [0.3, 0.4) is 0 Å². The van der Waals surface area contributed by atoms with E-state index in [0.29, 0.717) is 17.4 Å². The average molecular weight is 303 g/mol. The van der Waals surface area contributed by atoms with Crippen LogP contribution in [0.2, 0.25) is 0 Å². The molecule has 8 nitrogen and oxygen atoms in total. The van der Waals surface area contributed by atoms with E-state index >= 15 is 0 Å². The minimum atomic E-state index is -0.354. The zero-order chi connectivity index (χ0) is 15.7. The van der Waals surface area contributed by atoms with Crippen LogP contribution in [0.25, 0.3) is 0 Å². The summed E-state index contributed by atoms with van der Waals surface area (Å²) in [6, 6.07) is 1.92. The largest absolute Gasteiger partial charge is 0.467 e. The van der Waals surface area contributed by atoms with Crippen molar-refractivity contribution in [2.24, 2.45) is 0 Å². The van der Waals surface area contributed by atoms with Crippen LogP contribution in [0, 0.1) is 0 Å². The summed E-state index contributed by atoms with van der Waals surface area (Å²) in [6.07, 6.45) is 3.68. The predicted octanol–water partition coefficient (Wildman–Crippen LogP) is 1.67. The van der Waals surface area contributed by atoms with Gasteiger partial charge >= 0.3 is 6.01 Å². The zero-order valence-corrected chi connectivity index (χ0v) is 12.7. The van der Waals surface area contributed by atoms with Gasteiger partial charge in [0.05, 0.1) is 13.3 Å². The molecular formula is C14H17N5O3. The number of amides is 1. The standard InChI is InChI=1S/C14H17N5O3/c1-19(2)12-10(7-15-14(17-12)21-3)16-13(20)9-6-11(22-18-9)8-4-5-8/h6-8H,4-5H2,1-3H3,(H,16,20). The Labute approximate surface area is 127 Å². The second kappa shape index (κ2) is 5.63.